The van der Waals surface area contributed by atoms with Gasteiger partial charge in [-0.15, -0.1) is 0 Å². The average Bonchev–Trinajstić information content (AvgIpc) is 3.10. The molecule has 0 aromatic carbocycles. The van der Waals surface area contributed by atoms with Crippen molar-refractivity contribution in [3.63, 3.8) is 0 Å². The maximum atomic E-state index is 11.3. The summed E-state index contributed by atoms with van der Waals surface area (Å²) in [5, 5.41) is 13.5. The number of hydrogen-bond donors (Lipinski definition) is 2. The van der Waals surface area contributed by atoms with Crippen LogP contribution in [0.5, 0.6) is 0 Å². The number of carbonyl (C=O) groups excluding carboxylic acids is 1. The lowest BCUT2D eigenvalue weighted by Gasteiger charge is -2.19. The number of aliphatic hydroxyl groups is 1. The molecule has 5 nitrogen and oxygen atoms in total. The number of carbonyl (C=O) groups is 1. The fourth-order valence-corrected chi connectivity index (χ4v) is 4.09. The van der Waals surface area contributed by atoms with Gasteiger partial charge in [0.2, 0.25) is 0 Å². The van der Waals surface area contributed by atoms with E-state index in [0.29, 0.717) is 5.57 Å². The van der Waals surface area contributed by atoms with Gasteiger partial charge in [-0.05, 0) is 39.0 Å². The molecule has 3 unspecified atom stereocenters. The highest BCUT2D eigenvalue weighted by atomic mass is 16.7. The Kier molecular flexibility index (Phi) is 3.35. The van der Waals surface area contributed by atoms with Crippen LogP contribution in [0.3, 0.4) is 0 Å². The van der Waals surface area contributed by atoms with Gasteiger partial charge in [-0.25, -0.2) is 4.79 Å². The molecule has 4 rings (SSSR count). The average molecular weight is 303 g/mol. The van der Waals surface area contributed by atoms with Crippen molar-refractivity contribution in [3.05, 3.63) is 34.6 Å². The molecule has 0 aromatic heterocycles. The topological polar surface area (TPSA) is 67.8 Å². The molecule has 0 radical (unpaired) electrons. The van der Waals surface area contributed by atoms with Gasteiger partial charge in [0.05, 0.1) is 6.26 Å². The second kappa shape index (κ2) is 5.25. The highest BCUT2D eigenvalue weighted by Crippen LogP contribution is 2.47. The Morgan fingerprint density at radius 2 is 2.23 bits per heavy atom. The number of ether oxygens (including phenoxy) is 2. The van der Waals surface area contributed by atoms with Crippen LogP contribution in [0.25, 0.3) is 0 Å². The zero-order chi connectivity index (χ0) is 15.3. The van der Waals surface area contributed by atoms with Gasteiger partial charge in [0.15, 0.2) is 0 Å². The van der Waals surface area contributed by atoms with Crippen molar-refractivity contribution >= 4 is 5.97 Å². The largest absolute Gasteiger partial charge is 0.459 e. The molecule has 0 spiro atoms. The predicted octanol–water partition coefficient (Wildman–Crippen LogP) is 1.90. The van der Waals surface area contributed by atoms with E-state index in [1.54, 1.807) is 24.8 Å². The summed E-state index contributed by atoms with van der Waals surface area (Å²) in [5.74, 6) is -0.0651. The van der Waals surface area contributed by atoms with E-state index in [-0.39, 0.29) is 17.9 Å². The van der Waals surface area contributed by atoms with E-state index in [1.165, 1.54) is 24.8 Å². The van der Waals surface area contributed by atoms with Gasteiger partial charge in [0.25, 0.3) is 6.29 Å². The first-order valence-electron chi connectivity index (χ1n) is 8.03. The van der Waals surface area contributed by atoms with Gasteiger partial charge in [-0.2, -0.15) is 0 Å². The van der Waals surface area contributed by atoms with Crippen LogP contribution in [-0.2, 0) is 14.3 Å². The van der Waals surface area contributed by atoms with Crippen molar-refractivity contribution in [1.29, 1.82) is 0 Å². The number of aliphatic hydroxyl groups excluding tert-OH is 1. The van der Waals surface area contributed by atoms with Crippen LogP contribution in [0.2, 0.25) is 0 Å². The fourth-order valence-electron chi connectivity index (χ4n) is 4.09. The van der Waals surface area contributed by atoms with Crippen molar-refractivity contribution in [2.75, 3.05) is 0 Å². The Hall–Kier alpha value is -1.59. The molecule has 0 aromatic rings. The summed E-state index contributed by atoms with van der Waals surface area (Å²) in [6.45, 7) is 1.70. The van der Waals surface area contributed by atoms with Crippen molar-refractivity contribution in [3.8, 4) is 0 Å². The number of rotatable bonds is 2. The zero-order valence-corrected chi connectivity index (χ0v) is 12.7. The molecule has 1 fully saturated rings. The summed E-state index contributed by atoms with van der Waals surface area (Å²) < 4.78 is 10.6. The lowest BCUT2D eigenvalue weighted by molar-refractivity contribution is -0.152. The molecule has 22 heavy (non-hydrogen) atoms. The predicted molar refractivity (Wildman–Crippen MR) is 79.3 cm³/mol. The fraction of sp³-hybridized carbons (Fsp3) is 0.588. The zero-order valence-electron chi connectivity index (χ0n) is 12.7. The van der Waals surface area contributed by atoms with Crippen LogP contribution in [0.4, 0.5) is 0 Å². The third-order valence-electron chi connectivity index (χ3n) is 5.22. The number of esters is 1. The Bertz CT molecular complexity index is 604. The van der Waals surface area contributed by atoms with Crippen molar-refractivity contribution < 1.29 is 19.4 Å². The van der Waals surface area contributed by atoms with E-state index in [4.69, 9.17) is 9.47 Å². The molecule has 1 saturated heterocycles. The van der Waals surface area contributed by atoms with Gasteiger partial charge in [0.1, 0.15) is 6.23 Å². The lowest BCUT2D eigenvalue weighted by atomic mass is 9.92. The Labute approximate surface area is 129 Å². The minimum Gasteiger partial charge on any atom is -0.459 e. The van der Waals surface area contributed by atoms with E-state index < -0.39 is 12.5 Å². The van der Waals surface area contributed by atoms with Crippen molar-refractivity contribution in [2.45, 2.75) is 57.6 Å². The molecular weight excluding hydrogens is 282 g/mol. The second-order valence-corrected chi connectivity index (χ2v) is 6.57. The molecule has 0 amide bonds. The van der Waals surface area contributed by atoms with Gasteiger partial charge in [-0.1, -0.05) is 11.1 Å². The third kappa shape index (κ3) is 2.20. The molecule has 2 heterocycles. The van der Waals surface area contributed by atoms with Crippen LogP contribution in [-0.4, -0.2) is 29.6 Å². The van der Waals surface area contributed by atoms with Gasteiger partial charge in [-0.3, -0.25) is 5.32 Å². The molecule has 4 atom stereocenters. The van der Waals surface area contributed by atoms with E-state index in [0.717, 1.165) is 18.4 Å². The van der Waals surface area contributed by atoms with Gasteiger partial charge >= 0.3 is 5.97 Å². The van der Waals surface area contributed by atoms with Crippen LogP contribution < -0.4 is 5.32 Å². The summed E-state index contributed by atoms with van der Waals surface area (Å²) >= 11 is 0. The number of fused-ring (bicyclic) bond motifs is 2. The summed E-state index contributed by atoms with van der Waals surface area (Å²) in [5.41, 5.74) is 4.49. The smallest absolute Gasteiger partial charge is 0.336 e. The second-order valence-electron chi connectivity index (χ2n) is 6.57. The van der Waals surface area contributed by atoms with E-state index in [2.05, 4.69) is 5.32 Å². The molecule has 2 N–H and O–H groups in total. The van der Waals surface area contributed by atoms with Crippen molar-refractivity contribution in [2.24, 2.45) is 5.92 Å². The van der Waals surface area contributed by atoms with Gasteiger partial charge in [0, 0.05) is 29.2 Å². The number of cyclic esters (lactones) is 1. The SMILES string of the molecule is CC1=CC(O/C=C2/C(O)N[C@@H]3C4=C(CCCC4)CC23)OC1=O. The van der Waals surface area contributed by atoms with Crippen LogP contribution in [0, 0.1) is 5.92 Å². The minimum absolute atomic E-state index is 0.253. The highest BCUT2D eigenvalue weighted by Gasteiger charge is 2.45. The first-order valence-corrected chi connectivity index (χ1v) is 8.03. The van der Waals surface area contributed by atoms with Gasteiger partial charge < -0.3 is 14.6 Å². The van der Waals surface area contributed by atoms with E-state index in [9.17, 15) is 9.90 Å². The minimum atomic E-state index is -0.673. The first kappa shape index (κ1) is 14.0. The molecule has 5 heteroatoms. The molecule has 2 aliphatic heterocycles. The summed E-state index contributed by atoms with van der Waals surface area (Å²) in [4.78, 5) is 11.3. The molecule has 0 bridgehead atoms. The Morgan fingerprint density at radius 3 is 3.00 bits per heavy atom. The molecular formula is C17H21NO4. The molecule has 4 aliphatic rings. The van der Waals surface area contributed by atoms with Crippen LogP contribution in [0.15, 0.2) is 34.6 Å². The quantitative estimate of drug-likeness (QED) is 0.463. The number of allylic oxidation sites excluding steroid dienone is 1. The monoisotopic (exact) mass is 303 g/mol. The summed E-state index contributed by atoms with van der Waals surface area (Å²) in [6, 6.07) is 0.253. The van der Waals surface area contributed by atoms with Crippen LogP contribution in [0.1, 0.15) is 39.0 Å². The lowest BCUT2D eigenvalue weighted by Crippen LogP contribution is -2.31. The number of nitrogens with one attached hydrogen (secondary N) is 1. The third-order valence-corrected chi connectivity index (χ3v) is 5.22. The molecule has 2 aliphatic carbocycles. The first-order chi connectivity index (χ1) is 10.6. The van der Waals surface area contributed by atoms with Crippen LogP contribution >= 0.6 is 0 Å². The maximum Gasteiger partial charge on any atom is 0.336 e. The Balaban J connectivity index is 1.49. The van der Waals surface area contributed by atoms with E-state index >= 15 is 0 Å². The molecule has 118 valence electrons. The molecule has 0 saturated carbocycles. The van der Waals surface area contributed by atoms with Crippen molar-refractivity contribution in [1.82, 2.24) is 5.32 Å². The standard InChI is InChI=1S/C17H21NO4/c1-9-6-14(22-17(9)20)21-8-13-12-7-10-4-2-3-5-11(10)15(12)18-16(13)19/h6,8,12,14-16,18-19H,2-5,7H2,1H3/b13-8+/t12?,14?,15-,16?/m1/s1. The summed E-state index contributed by atoms with van der Waals surface area (Å²) in [7, 11) is 0. The van der Waals surface area contributed by atoms with E-state index in [1.807, 2.05) is 0 Å². The normalized spacial score (nSPS) is 38.9. The Morgan fingerprint density at radius 1 is 1.41 bits per heavy atom. The number of hydrogen-bond acceptors (Lipinski definition) is 5. The summed E-state index contributed by atoms with van der Waals surface area (Å²) in [6.07, 6.45) is 7.78. The highest BCUT2D eigenvalue weighted by molar-refractivity contribution is 5.89. The maximum absolute atomic E-state index is 11.3.